The predicted molar refractivity (Wildman–Crippen MR) is 87.2 cm³/mol. The third kappa shape index (κ3) is 3.40. The van der Waals surface area contributed by atoms with Crippen LogP contribution in [0.25, 0.3) is 0 Å². The Morgan fingerprint density at radius 2 is 2.09 bits per heavy atom. The van der Waals surface area contributed by atoms with Gasteiger partial charge in [-0.15, -0.1) is 0 Å². The average Bonchev–Trinajstić information content (AvgIpc) is 2.52. The van der Waals surface area contributed by atoms with Crippen LogP contribution in [0.5, 0.6) is 11.6 Å². The average molecular weight is 333 g/mol. The third-order valence-corrected chi connectivity index (χ3v) is 3.84. The number of hydrogen-bond acceptors (Lipinski definition) is 4. The van der Waals surface area contributed by atoms with E-state index in [0.29, 0.717) is 41.9 Å². The minimum atomic E-state index is -0.0920. The maximum atomic E-state index is 12.5. The van der Waals surface area contributed by atoms with Crippen molar-refractivity contribution >= 4 is 17.5 Å². The van der Waals surface area contributed by atoms with Gasteiger partial charge in [-0.2, -0.15) is 0 Å². The molecule has 6 heteroatoms. The zero-order valence-corrected chi connectivity index (χ0v) is 13.5. The molecular formula is C17H17ClN2O3. The van der Waals surface area contributed by atoms with Crippen LogP contribution >= 0.6 is 11.6 Å². The number of para-hydroxylation sites is 1. The molecule has 1 saturated heterocycles. The molecule has 1 aliphatic heterocycles. The Kier molecular flexibility index (Phi) is 4.67. The van der Waals surface area contributed by atoms with E-state index in [1.54, 1.807) is 35.4 Å². The van der Waals surface area contributed by atoms with Crippen molar-refractivity contribution in [1.29, 1.82) is 0 Å². The van der Waals surface area contributed by atoms with Crippen molar-refractivity contribution < 1.29 is 14.3 Å². The molecule has 1 aliphatic rings. The Bertz CT molecular complexity index is 702. The van der Waals surface area contributed by atoms with E-state index in [0.717, 1.165) is 0 Å². The van der Waals surface area contributed by atoms with Crippen LogP contribution in [0, 0.1) is 0 Å². The van der Waals surface area contributed by atoms with Gasteiger partial charge in [-0.1, -0.05) is 23.7 Å². The third-order valence-electron chi connectivity index (χ3n) is 3.56. The van der Waals surface area contributed by atoms with Crippen LogP contribution in [-0.4, -0.2) is 41.6 Å². The second-order valence-electron chi connectivity index (χ2n) is 5.17. The van der Waals surface area contributed by atoms with E-state index in [2.05, 4.69) is 4.98 Å². The Labute approximate surface area is 139 Å². The van der Waals surface area contributed by atoms with Gasteiger partial charge in [0.1, 0.15) is 16.9 Å². The molecule has 5 nitrogen and oxygen atoms in total. The molecular weight excluding hydrogens is 316 g/mol. The van der Waals surface area contributed by atoms with E-state index in [4.69, 9.17) is 21.1 Å². The minimum absolute atomic E-state index is 0.0546. The fourth-order valence-corrected chi connectivity index (χ4v) is 2.56. The highest BCUT2D eigenvalue weighted by atomic mass is 35.5. The molecule has 0 saturated carbocycles. The standard InChI is InChI=1S/C17H17ClN2O3/c1-2-22-15-8-4-3-6-13(15)17(21)20-10-12(11-20)23-16-14(18)7-5-9-19-16/h3-9,12H,2,10-11H2,1H3. The van der Waals surface area contributed by atoms with Crippen LogP contribution in [0.1, 0.15) is 17.3 Å². The highest BCUT2D eigenvalue weighted by Gasteiger charge is 2.34. The van der Waals surface area contributed by atoms with Gasteiger partial charge in [0, 0.05) is 6.20 Å². The van der Waals surface area contributed by atoms with Crippen molar-refractivity contribution in [3.63, 3.8) is 0 Å². The van der Waals surface area contributed by atoms with Crippen molar-refractivity contribution in [1.82, 2.24) is 9.88 Å². The van der Waals surface area contributed by atoms with Gasteiger partial charge < -0.3 is 14.4 Å². The van der Waals surface area contributed by atoms with E-state index in [1.807, 2.05) is 19.1 Å². The van der Waals surface area contributed by atoms with Crippen LogP contribution in [-0.2, 0) is 0 Å². The summed E-state index contributed by atoms with van der Waals surface area (Å²) in [6.45, 7) is 3.43. The second-order valence-corrected chi connectivity index (χ2v) is 5.58. The first-order chi connectivity index (χ1) is 11.2. The summed E-state index contributed by atoms with van der Waals surface area (Å²) >= 11 is 6.02. The summed E-state index contributed by atoms with van der Waals surface area (Å²) < 4.78 is 11.2. The number of carbonyl (C=O) groups is 1. The van der Waals surface area contributed by atoms with Crippen molar-refractivity contribution in [3.8, 4) is 11.6 Å². The number of hydrogen-bond donors (Lipinski definition) is 0. The number of carbonyl (C=O) groups excluding carboxylic acids is 1. The minimum Gasteiger partial charge on any atom is -0.493 e. The van der Waals surface area contributed by atoms with Gasteiger partial charge in [-0.25, -0.2) is 4.98 Å². The molecule has 23 heavy (non-hydrogen) atoms. The number of benzene rings is 1. The smallest absolute Gasteiger partial charge is 0.257 e. The topological polar surface area (TPSA) is 51.7 Å². The van der Waals surface area contributed by atoms with Gasteiger partial charge in [0.15, 0.2) is 0 Å². The number of aromatic nitrogens is 1. The molecule has 0 bridgehead atoms. The Morgan fingerprint density at radius 1 is 1.30 bits per heavy atom. The maximum absolute atomic E-state index is 12.5. The van der Waals surface area contributed by atoms with Crippen molar-refractivity contribution in [2.45, 2.75) is 13.0 Å². The molecule has 1 amide bonds. The van der Waals surface area contributed by atoms with E-state index in [1.165, 1.54) is 0 Å². The van der Waals surface area contributed by atoms with Gasteiger partial charge in [0.05, 0.1) is 25.3 Å². The highest BCUT2D eigenvalue weighted by Crippen LogP contribution is 2.26. The number of nitrogens with zero attached hydrogens (tertiary/aromatic N) is 2. The van der Waals surface area contributed by atoms with Gasteiger partial charge in [-0.05, 0) is 31.2 Å². The molecule has 0 N–H and O–H groups in total. The molecule has 3 rings (SSSR count). The Morgan fingerprint density at radius 3 is 2.83 bits per heavy atom. The molecule has 1 aromatic carbocycles. The summed E-state index contributed by atoms with van der Waals surface area (Å²) in [4.78, 5) is 18.3. The van der Waals surface area contributed by atoms with Crippen LogP contribution in [0.3, 0.4) is 0 Å². The molecule has 2 heterocycles. The highest BCUT2D eigenvalue weighted by molar-refractivity contribution is 6.31. The molecule has 120 valence electrons. The number of pyridine rings is 1. The first-order valence-corrected chi connectivity index (χ1v) is 7.85. The molecule has 1 aromatic heterocycles. The molecule has 0 unspecified atom stereocenters. The second kappa shape index (κ2) is 6.87. The van der Waals surface area contributed by atoms with E-state index >= 15 is 0 Å². The summed E-state index contributed by atoms with van der Waals surface area (Å²) in [7, 11) is 0. The molecule has 0 radical (unpaired) electrons. The Hall–Kier alpha value is -2.27. The molecule has 0 aliphatic carbocycles. The van der Waals surface area contributed by atoms with Gasteiger partial charge in [0.2, 0.25) is 5.88 Å². The first-order valence-electron chi connectivity index (χ1n) is 7.47. The van der Waals surface area contributed by atoms with Crippen molar-refractivity contribution in [2.75, 3.05) is 19.7 Å². The molecule has 0 spiro atoms. The summed E-state index contributed by atoms with van der Waals surface area (Å²) in [5.74, 6) is 0.958. The quantitative estimate of drug-likeness (QED) is 0.844. The predicted octanol–water partition coefficient (Wildman–Crippen LogP) is 3.04. The molecule has 1 fully saturated rings. The SMILES string of the molecule is CCOc1ccccc1C(=O)N1CC(Oc2ncccc2Cl)C1. The van der Waals surface area contributed by atoms with Crippen LogP contribution in [0.4, 0.5) is 0 Å². The van der Waals surface area contributed by atoms with Gasteiger partial charge >= 0.3 is 0 Å². The lowest BCUT2D eigenvalue weighted by Crippen LogP contribution is -2.56. The lowest BCUT2D eigenvalue weighted by atomic mass is 10.1. The van der Waals surface area contributed by atoms with E-state index in [9.17, 15) is 4.79 Å². The summed E-state index contributed by atoms with van der Waals surface area (Å²) in [6.07, 6.45) is 1.53. The van der Waals surface area contributed by atoms with Crippen LogP contribution in [0.2, 0.25) is 5.02 Å². The number of likely N-dealkylation sites (tertiary alicyclic amines) is 1. The zero-order chi connectivity index (χ0) is 16.2. The number of rotatable bonds is 5. The van der Waals surface area contributed by atoms with E-state index in [-0.39, 0.29) is 12.0 Å². The lowest BCUT2D eigenvalue weighted by molar-refractivity contribution is 0.0158. The van der Waals surface area contributed by atoms with Crippen LogP contribution < -0.4 is 9.47 Å². The number of ether oxygens (including phenoxy) is 2. The maximum Gasteiger partial charge on any atom is 0.257 e. The van der Waals surface area contributed by atoms with Crippen LogP contribution in [0.15, 0.2) is 42.6 Å². The first kappa shape index (κ1) is 15.6. The fourth-order valence-electron chi connectivity index (χ4n) is 2.39. The molecule has 0 atom stereocenters. The van der Waals surface area contributed by atoms with Crippen molar-refractivity contribution in [2.24, 2.45) is 0 Å². The number of halogens is 1. The normalized spacial score (nSPS) is 14.3. The number of amides is 1. The summed E-state index contributed by atoms with van der Waals surface area (Å²) in [6, 6.07) is 10.7. The largest absolute Gasteiger partial charge is 0.493 e. The lowest BCUT2D eigenvalue weighted by Gasteiger charge is -2.38. The van der Waals surface area contributed by atoms with E-state index < -0.39 is 0 Å². The van der Waals surface area contributed by atoms with Crippen molar-refractivity contribution in [3.05, 3.63) is 53.2 Å². The van der Waals surface area contributed by atoms with Gasteiger partial charge in [0.25, 0.3) is 5.91 Å². The zero-order valence-electron chi connectivity index (χ0n) is 12.7. The summed E-state index contributed by atoms with van der Waals surface area (Å²) in [5.41, 5.74) is 0.573. The Balaban J connectivity index is 1.61. The monoisotopic (exact) mass is 332 g/mol. The molecule has 2 aromatic rings. The van der Waals surface area contributed by atoms with Gasteiger partial charge in [-0.3, -0.25) is 4.79 Å². The fraction of sp³-hybridized carbons (Fsp3) is 0.294. The summed E-state index contributed by atoms with van der Waals surface area (Å²) in [5, 5.41) is 0.471.